The molecule has 1 aliphatic rings. The predicted octanol–water partition coefficient (Wildman–Crippen LogP) is 2.72. The van der Waals surface area contributed by atoms with Crippen molar-refractivity contribution in [1.29, 1.82) is 0 Å². The molecule has 1 fully saturated rings. The van der Waals surface area contributed by atoms with Gasteiger partial charge in [-0.1, -0.05) is 6.07 Å². The van der Waals surface area contributed by atoms with Crippen LogP contribution in [-0.2, 0) is 6.54 Å². The topological polar surface area (TPSA) is 74.2 Å². The number of carbonyl (C=O) groups is 1. The van der Waals surface area contributed by atoms with Gasteiger partial charge in [-0.25, -0.2) is 4.98 Å². The van der Waals surface area contributed by atoms with Gasteiger partial charge in [0.25, 0.3) is 5.91 Å². The summed E-state index contributed by atoms with van der Waals surface area (Å²) in [6, 6.07) is 9.57. The Kier molecular flexibility index (Phi) is 4.28. The minimum atomic E-state index is -0.0541. The van der Waals surface area contributed by atoms with Crippen LogP contribution in [-0.4, -0.2) is 40.4 Å². The largest absolute Gasteiger partial charge is 0.468 e. The fourth-order valence-corrected chi connectivity index (χ4v) is 3.52. The SMILES string of the molecule is Cc1nc2c(C(=O)NCC3CCN(Cc4ccco4)C3)cccc2[nH]1. The Morgan fingerprint density at radius 2 is 2.32 bits per heavy atom. The Labute approximate surface area is 146 Å². The van der Waals surface area contributed by atoms with Crippen molar-refractivity contribution in [2.45, 2.75) is 19.9 Å². The number of para-hydroxylation sites is 1. The maximum absolute atomic E-state index is 12.6. The molecule has 1 saturated heterocycles. The average Bonchev–Trinajstić information content (AvgIpc) is 3.33. The minimum Gasteiger partial charge on any atom is -0.468 e. The van der Waals surface area contributed by atoms with Crippen molar-refractivity contribution >= 4 is 16.9 Å². The zero-order chi connectivity index (χ0) is 17.2. The number of hydrogen-bond acceptors (Lipinski definition) is 4. The van der Waals surface area contributed by atoms with Crippen LogP contribution >= 0.6 is 0 Å². The maximum atomic E-state index is 12.6. The van der Waals surface area contributed by atoms with E-state index in [1.807, 2.05) is 37.3 Å². The van der Waals surface area contributed by atoms with Gasteiger partial charge in [0.1, 0.15) is 17.1 Å². The third-order valence-electron chi connectivity index (χ3n) is 4.76. The Morgan fingerprint density at radius 3 is 3.16 bits per heavy atom. The Morgan fingerprint density at radius 1 is 1.40 bits per heavy atom. The highest BCUT2D eigenvalue weighted by atomic mass is 16.3. The van der Waals surface area contributed by atoms with Gasteiger partial charge in [-0.2, -0.15) is 0 Å². The molecule has 1 amide bonds. The van der Waals surface area contributed by atoms with E-state index in [9.17, 15) is 4.79 Å². The molecule has 1 aromatic carbocycles. The first kappa shape index (κ1) is 15.9. The van der Waals surface area contributed by atoms with Gasteiger partial charge in [-0.15, -0.1) is 0 Å². The number of H-pyrrole nitrogens is 1. The predicted molar refractivity (Wildman–Crippen MR) is 95.3 cm³/mol. The summed E-state index contributed by atoms with van der Waals surface area (Å²) >= 11 is 0. The summed E-state index contributed by atoms with van der Waals surface area (Å²) in [5.41, 5.74) is 2.27. The highest BCUT2D eigenvalue weighted by molar-refractivity contribution is 6.04. The Bertz CT molecular complexity index is 869. The molecule has 0 saturated carbocycles. The summed E-state index contributed by atoms with van der Waals surface area (Å²) in [6.45, 7) is 5.44. The lowest BCUT2D eigenvalue weighted by Gasteiger charge is -2.15. The zero-order valence-corrected chi connectivity index (χ0v) is 14.3. The lowest BCUT2D eigenvalue weighted by Crippen LogP contribution is -2.31. The number of aryl methyl sites for hydroxylation is 1. The normalized spacial score (nSPS) is 18.0. The molecule has 6 heteroatoms. The van der Waals surface area contributed by atoms with Crippen molar-refractivity contribution in [3.63, 3.8) is 0 Å². The van der Waals surface area contributed by atoms with Gasteiger partial charge in [-0.3, -0.25) is 9.69 Å². The standard InChI is InChI=1S/C19H22N4O2/c1-13-21-17-6-2-5-16(18(17)22-13)19(24)20-10-14-7-8-23(11-14)12-15-4-3-9-25-15/h2-6,9,14H,7-8,10-12H2,1H3,(H,20,24)(H,21,22). The van der Waals surface area contributed by atoms with Crippen LogP contribution in [0.1, 0.15) is 28.4 Å². The molecule has 6 nitrogen and oxygen atoms in total. The van der Waals surface area contributed by atoms with Crippen molar-refractivity contribution in [1.82, 2.24) is 20.2 Å². The van der Waals surface area contributed by atoms with Crippen molar-refractivity contribution in [3.05, 3.63) is 53.7 Å². The Hall–Kier alpha value is -2.60. The monoisotopic (exact) mass is 338 g/mol. The van der Waals surface area contributed by atoms with Crippen LogP contribution in [0.3, 0.4) is 0 Å². The van der Waals surface area contributed by atoms with Crippen molar-refractivity contribution in [2.75, 3.05) is 19.6 Å². The van der Waals surface area contributed by atoms with Crippen LogP contribution in [0.25, 0.3) is 11.0 Å². The van der Waals surface area contributed by atoms with Gasteiger partial charge >= 0.3 is 0 Å². The summed E-state index contributed by atoms with van der Waals surface area (Å²) in [4.78, 5) is 22.5. The smallest absolute Gasteiger partial charge is 0.253 e. The lowest BCUT2D eigenvalue weighted by molar-refractivity contribution is 0.0948. The fourth-order valence-electron chi connectivity index (χ4n) is 3.52. The lowest BCUT2D eigenvalue weighted by atomic mass is 10.1. The van der Waals surface area contributed by atoms with Crippen LogP contribution in [0.2, 0.25) is 0 Å². The second-order valence-electron chi connectivity index (χ2n) is 6.70. The molecule has 4 rings (SSSR count). The molecule has 25 heavy (non-hydrogen) atoms. The number of carbonyl (C=O) groups excluding carboxylic acids is 1. The van der Waals surface area contributed by atoms with E-state index >= 15 is 0 Å². The summed E-state index contributed by atoms with van der Waals surface area (Å²) in [7, 11) is 0. The number of rotatable bonds is 5. The van der Waals surface area contributed by atoms with E-state index in [0.717, 1.165) is 48.7 Å². The molecule has 1 atom stereocenters. The molecular weight excluding hydrogens is 316 g/mol. The van der Waals surface area contributed by atoms with Crippen molar-refractivity contribution < 1.29 is 9.21 Å². The van der Waals surface area contributed by atoms with Crippen LogP contribution in [0.5, 0.6) is 0 Å². The van der Waals surface area contributed by atoms with Crippen molar-refractivity contribution in [2.24, 2.45) is 5.92 Å². The fraction of sp³-hybridized carbons (Fsp3) is 0.368. The molecule has 0 spiro atoms. The van der Waals surface area contributed by atoms with Crippen molar-refractivity contribution in [3.8, 4) is 0 Å². The zero-order valence-electron chi connectivity index (χ0n) is 14.3. The van der Waals surface area contributed by atoms with Gasteiger partial charge < -0.3 is 14.7 Å². The van der Waals surface area contributed by atoms with E-state index in [-0.39, 0.29) is 5.91 Å². The number of imidazole rings is 1. The quantitative estimate of drug-likeness (QED) is 0.750. The van der Waals surface area contributed by atoms with Crippen LogP contribution in [0, 0.1) is 12.8 Å². The van der Waals surface area contributed by atoms with E-state index < -0.39 is 0 Å². The average molecular weight is 338 g/mol. The third-order valence-corrected chi connectivity index (χ3v) is 4.76. The molecule has 2 N–H and O–H groups in total. The molecule has 1 unspecified atom stereocenters. The van der Waals surface area contributed by atoms with E-state index in [0.29, 0.717) is 18.0 Å². The number of fused-ring (bicyclic) bond motifs is 1. The first-order valence-corrected chi connectivity index (χ1v) is 8.67. The molecule has 3 heterocycles. The van der Waals surface area contributed by atoms with E-state index in [2.05, 4.69) is 20.2 Å². The number of amides is 1. The molecule has 130 valence electrons. The minimum absolute atomic E-state index is 0.0541. The van der Waals surface area contributed by atoms with Gasteiger partial charge in [0.2, 0.25) is 0 Å². The molecule has 0 bridgehead atoms. The first-order valence-electron chi connectivity index (χ1n) is 8.67. The van der Waals surface area contributed by atoms with E-state index in [1.165, 1.54) is 0 Å². The summed E-state index contributed by atoms with van der Waals surface area (Å²) in [5, 5.41) is 3.08. The van der Waals surface area contributed by atoms with Gasteiger partial charge in [0.05, 0.1) is 23.9 Å². The molecule has 0 aliphatic carbocycles. The number of furan rings is 1. The summed E-state index contributed by atoms with van der Waals surface area (Å²) in [6.07, 6.45) is 2.80. The van der Waals surface area contributed by atoms with Crippen LogP contribution in [0.4, 0.5) is 0 Å². The summed E-state index contributed by atoms with van der Waals surface area (Å²) in [5.74, 6) is 2.23. The van der Waals surface area contributed by atoms with Crippen LogP contribution < -0.4 is 5.32 Å². The number of likely N-dealkylation sites (tertiary alicyclic amines) is 1. The number of benzene rings is 1. The number of aromatic amines is 1. The van der Waals surface area contributed by atoms with Gasteiger partial charge in [0.15, 0.2) is 0 Å². The third kappa shape index (κ3) is 3.44. The number of aromatic nitrogens is 2. The van der Waals surface area contributed by atoms with Gasteiger partial charge in [-0.05, 0) is 50.1 Å². The van der Waals surface area contributed by atoms with E-state index in [1.54, 1.807) is 6.26 Å². The van der Waals surface area contributed by atoms with E-state index in [4.69, 9.17) is 4.42 Å². The molecule has 0 radical (unpaired) electrons. The van der Waals surface area contributed by atoms with Crippen LogP contribution in [0.15, 0.2) is 41.0 Å². The molecular formula is C19H22N4O2. The molecule has 3 aromatic rings. The molecule has 2 aromatic heterocycles. The number of nitrogens with one attached hydrogen (secondary N) is 2. The second kappa shape index (κ2) is 6.72. The molecule has 1 aliphatic heterocycles. The number of nitrogens with zero attached hydrogens (tertiary/aromatic N) is 2. The maximum Gasteiger partial charge on any atom is 0.253 e. The Balaban J connectivity index is 1.34. The highest BCUT2D eigenvalue weighted by Crippen LogP contribution is 2.19. The highest BCUT2D eigenvalue weighted by Gasteiger charge is 2.24. The van der Waals surface area contributed by atoms with Gasteiger partial charge in [0, 0.05) is 13.1 Å². The second-order valence-corrected chi connectivity index (χ2v) is 6.70. The summed E-state index contributed by atoms with van der Waals surface area (Å²) < 4.78 is 5.41. The first-order chi connectivity index (χ1) is 12.2. The number of hydrogen-bond donors (Lipinski definition) is 2.